The summed E-state index contributed by atoms with van der Waals surface area (Å²) in [6.07, 6.45) is 0. The SMILES string of the molecule is COc1ccc(CCl)cc1-c1ccccc1C. The van der Waals surface area contributed by atoms with Crippen LogP contribution in [0, 0.1) is 6.92 Å². The fourth-order valence-corrected chi connectivity index (χ4v) is 2.09. The van der Waals surface area contributed by atoms with Gasteiger partial charge in [-0.25, -0.2) is 0 Å². The molecule has 0 aliphatic carbocycles. The summed E-state index contributed by atoms with van der Waals surface area (Å²) in [5.41, 5.74) is 4.63. The summed E-state index contributed by atoms with van der Waals surface area (Å²) < 4.78 is 5.41. The van der Waals surface area contributed by atoms with Crippen LogP contribution in [-0.4, -0.2) is 7.11 Å². The Morgan fingerprint density at radius 1 is 1.06 bits per heavy atom. The molecule has 0 heterocycles. The lowest BCUT2D eigenvalue weighted by Crippen LogP contribution is -1.91. The van der Waals surface area contributed by atoms with Crippen LogP contribution < -0.4 is 4.74 Å². The third kappa shape index (κ3) is 2.45. The predicted molar refractivity (Wildman–Crippen MR) is 72.7 cm³/mol. The van der Waals surface area contributed by atoms with E-state index < -0.39 is 0 Å². The van der Waals surface area contributed by atoms with Crippen molar-refractivity contribution < 1.29 is 4.74 Å². The zero-order valence-electron chi connectivity index (χ0n) is 10.0. The first-order valence-corrected chi connectivity index (χ1v) is 6.08. The monoisotopic (exact) mass is 246 g/mol. The Hall–Kier alpha value is -1.47. The Bertz CT molecular complexity index is 520. The highest BCUT2D eigenvalue weighted by Crippen LogP contribution is 2.33. The van der Waals surface area contributed by atoms with Gasteiger partial charge in [-0.1, -0.05) is 30.3 Å². The van der Waals surface area contributed by atoms with Gasteiger partial charge in [0.25, 0.3) is 0 Å². The van der Waals surface area contributed by atoms with E-state index in [4.69, 9.17) is 16.3 Å². The van der Waals surface area contributed by atoms with E-state index in [1.54, 1.807) is 7.11 Å². The average molecular weight is 247 g/mol. The number of methoxy groups -OCH3 is 1. The number of halogens is 1. The van der Waals surface area contributed by atoms with Gasteiger partial charge in [0.2, 0.25) is 0 Å². The first kappa shape index (κ1) is 12.0. The summed E-state index contributed by atoms with van der Waals surface area (Å²) in [5.74, 6) is 1.40. The Kier molecular flexibility index (Phi) is 3.70. The van der Waals surface area contributed by atoms with E-state index in [2.05, 4.69) is 25.1 Å². The second-order valence-electron chi connectivity index (χ2n) is 3.98. The van der Waals surface area contributed by atoms with Crippen LogP contribution in [-0.2, 0) is 5.88 Å². The third-order valence-corrected chi connectivity index (χ3v) is 3.16. The molecule has 0 fully saturated rings. The molecule has 88 valence electrons. The van der Waals surface area contributed by atoms with Crippen LogP contribution in [0.1, 0.15) is 11.1 Å². The van der Waals surface area contributed by atoms with Crippen LogP contribution in [0.4, 0.5) is 0 Å². The summed E-state index contributed by atoms with van der Waals surface area (Å²) in [6, 6.07) is 14.3. The smallest absolute Gasteiger partial charge is 0.126 e. The summed E-state index contributed by atoms with van der Waals surface area (Å²) in [4.78, 5) is 0. The van der Waals surface area contributed by atoms with Gasteiger partial charge in [-0.2, -0.15) is 0 Å². The molecular formula is C15H15ClO. The van der Waals surface area contributed by atoms with E-state index >= 15 is 0 Å². The van der Waals surface area contributed by atoms with Gasteiger partial charge >= 0.3 is 0 Å². The molecule has 0 saturated carbocycles. The minimum Gasteiger partial charge on any atom is -0.496 e. The Balaban J connectivity index is 2.60. The van der Waals surface area contributed by atoms with Crippen LogP contribution in [0.5, 0.6) is 5.75 Å². The fourth-order valence-electron chi connectivity index (χ4n) is 1.92. The van der Waals surface area contributed by atoms with E-state index in [0.717, 1.165) is 16.9 Å². The molecule has 0 atom stereocenters. The maximum Gasteiger partial charge on any atom is 0.126 e. The molecule has 1 nitrogen and oxygen atoms in total. The van der Waals surface area contributed by atoms with Crippen LogP contribution in [0.15, 0.2) is 42.5 Å². The number of hydrogen-bond acceptors (Lipinski definition) is 1. The van der Waals surface area contributed by atoms with Gasteiger partial charge in [0, 0.05) is 11.4 Å². The number of aryl methyl sites for hydroxylation is 1. The molecule has 0 aromatic heterocycles. The first-order valence-electron chi connectivity index (χ1n) is 5.55. The van der Waals surface area contributed by atoms with Crippen molar-refractivity contribution >= 4 is 11.6 Å². The number of ether oxygens (including phenoxy) is 1. The molecule has 0 amide bonds. The molecule has 2 heteroatoms. The Labute approximate surface area is 107 Å². The van der Waals surface area contributed by atoms with Crippen LogP contribution in [0.3, 0.4) is 0 Å². The van der Waals surface area contributed by atoms with E-state index in [9.17, 15) is 0 Å². The van der Waals surface area contributed by atoms with Crippen molar-refractivity contribution in [1.82, 2.24) is 0 Å². The highest BCUT2D eigenvalue weighted by molar-refractivity contribution is 6.17. The van der Waals surface area contributed by atoms with Crippen molar-refractivity contribution in [2.45, 2.75) is 12.8 Å². The van der Waals surface area contributed by atoms with Gasteiger partial charge in [-0.3, -0.25) is 0 Å². The first-order chi connectivity index (χ1) is 8.26. The highest BCUT2D eigenvalue weighted by atomic mass is 35.5. The number of benzene rings is 2. The fraction of sp³-hybridized carbons (Fsp3) is 0.200. The molecule has 0 N–H and O–H groups in total. The van der Waals surface area contributed by atoms with Crippen molar-refractivity contribution in [3.63, 3.8) is 0 Å². The summed E-state index contributed by atoms with van der Waals surface area (Å²) in [7, 11) is 1.69. The van der Waals surface area contributed by atoms with Crippen LogP contribution in [0.2, 0.25) is 0 Å². The largest absolute Gasteiger partial charge is 0.496 e. The lowest BCUT2D eigenvalue weighted by Gasteiger charge is -2.12. The normalized spacial score (nSPS) is 10.3. The van der Waals surface area contributed by atoms with Gasteiger partial charge < -0.3 is 4.74 Å². The maximum atomic E-state index is 5.88. The molecule has 0 unspecified atom stereocenters. The summed E-state index contributed by atoms with van der Waals surface area (Å²) in [5, 5.41) is 0. The van der Waals surface area contributed by atoms with E-state index in [0.29, 0.717) is 5.88 Å². The topological polar surface area (TPSA) is 9.23 Å². The molecule has 2 rings (SSSR count). The van der Waals surface area contributed by atoms with Crippen molar-refractivity contribution in [1.29, 1.82) is 0 Å². The minimum absolute atomic E-state index is 0.517. The van der Waals surface area contributed by atoms with Crippen molar-refractivity contribution in [2.24, 2.45) is 0 Å². The van der Waals surface area contributed by atoms with Gasteiger partial charge in [0.15, 0.2) is 0 Å². The summed E-state index contributed by atoms with van der Waals surface area (Å²) in [6.45, 7) is 2.10. The zero-order valence-corrected chi connectivity index (χ0v) is 10.8. The van der Waals surface area contributed by atoms with E-state index in [1.165, 1.54) is 11.1 Å². The van der Waals surface area contributed by atoms with Crippen LogP contribution in [0.25, 0.3) is 11.1 Å². The molecule has 0 radical (unpaired) electrons. The standard InChI is InChI=1S/C15H15ClO/c1-11-5-3-4-6-13(11)14-9-12(10-16)7-8-15(14)17-2/h3-9H,10H2,1-2H3. The number of alkyl halides is 1. The molecule has 2 aromatic carbocycles. The van der Waals surface area contributed by atoms with Crippen molar-refractivity contribution in [3.8, 4) is 16.9 Å². The number of rotatable bonds is 3. The quantitative estimate of drug-likeness (QED) is 0.729. The second kappa shape index (κ2) is 5.24. The molecular weight excluding hydrogens is 232 g/mol. The molecule has 0 saturated heterocycles. The lowest BCUT2D eigenvalue weighted by molar-refractivity contribution is 0.416. The second-order valence-corrected chi connectivity index (χ2v) is 4.25. The Morgan fingerprint density at radius 2 is 1.82 bits per heavy atom. The van der Waals surface area contributed by atoms with E-state index in [-0.39, 0.29) is 0 Å². The molecule has 0 aliphatic heterocycles. The summed E-state index contributed by atoms with van der Waals surface area (Å²) >= 11 is 5.88. The molecule has 0 spiro atoms. The highest BCUT2D eigenvalue weighted by Gasteiger charge is 2.08. The molecule has 0 aliphatic rings. The molecule has 17 heavy (non-hydrogen) atoms. The average Bonchev–Trinajstić information content (AvgIpc) is 2.38. The zero-order chi connectivity index (χ0) is 12.3. The van der Waals surface area contributed by atoms with Crippen molar-refractivity contribution in [2.75, 3.05) is 7.11 Å². The van der Waals surface area contributed by atoms with Crippen molar-refractivity contribution in [3.05, 3.63) is 53.6 Å². The minimum atomic E-state index is 0.517. The predicted octanol–water partition coefficient (Wildman–Crippen LogP) is 4.41. The van der Waals surface area contributed by atoms with Gasteiger partial charge in [-0.15, -0.1) is 11.6 Å². The van der Waals surface area contributed by atoms with Gasteiger partial charge in [0.05, 0.1) is 7.11 Å². The number of hydrogen-bond donors (Lipinski definition) is 0. The van der Waals surface area contributed by atoms with Gasteiger partial charge in [-0.05, 0) is 35.7 Å². The lowest BCUT2D eigenvalue weighted by atomic mass is 9.98. The maximum absolute atomic E-state index is 5.88. The van der Waals surface area contributed by atoms with Crippen LogP contribution >= 0.6 is 11.6 Å². The van der Waals surface area contributed by atoms with E-state index in [1.807, 2.05) is 24.3 Å². The Morgan fingerprint density at radius 3 is 2.47 bits per heavy atom. The molecule has 0 bridgehead atoms. The molecule has 2 aromatic rings. The van der Waals surface area contributed by atoms with Gasteiger partial charge in [0.1, 0.15) is 5.75 Å². The third-order valence-electron chi connectivity index (χ3n) is 2.85.